The lowest BCUT2D eigenvalue weighted by Gasteiger charge is -2.50. The van der Waals surface area contributed by atoms with Gasteiger partial charge >= 0.3 is 11.9 Å². The summed E-state index contributed by atoms with van der Waals surface area (Å²) in [5, 5.41) is -0.139. The summed E-state index contributed by atoms with van der Waals surface area (Å²) in [4.78, 5) is 24.2. The number of ether oxygens (including phenoxy) is 3. The lowest BCUT2D eigenvalue weighted by atomic mass is 9.79. The molecular formula is C30H40O6Si. The first-order chi connectivity index (χ1) is 17.3. The van der Waals surface area contributed by atoms with Gasteiger partial charge in [-0.05, 0) is 48.2 Å². The summed E-state index contributed by atoms with van der Waals surface area (Å²) in [5.41, 5.74) is -0.0767. The van der Waals surface area contributed by atoms with E-state index in [4.69, 9.17) is 18.6 Å². The maximum absolute atomic E-state index is 12.2. The standard InChI is InChI=1S/C30H40O6Si/c1-23(31)35-29(6)18-19-33-27(30(29,7)36-24(2)32)20-34-37(28(3,4)5,21-25-14-10-8-11-15-25)22-26-16-12-9-13-17-26/h8-19,27H,20-22H2,1-7H3/t27?,29-,30-/m1/s1. The van der Waals surface area contributed by atoms with Crippen LogP contribution in [-0.2, 0) is 40.3 Å². The molecule has 0 aromatic heterocycles. The molecular weight excluding hydrogens is 484 g/mol. The molecule has 200 valence electrons. The maximum Gasteiger partial charge on any atom is 0.303 e. The highest BCUT2D eigenvalue weighted by atomic mass is 28.4. The first-order valence-corrected chi connectivity index (χ1v) is 15.1. The van der Waals surface area contributed by atoms with Gasteiger partial charge in [0.05, 0.1) is 12.9 Å². The van der Waals surface area contributed by atoms with E-state index in [1.807, 2.05) is 12.1 Å². The van der Waals surface area contributed by atoms with Crippen LogP contribution in [-0.4, -0.2) is 44.2 Å². The van der Waals surface area contributed by atoms with Crippen molar-refractivity contribution in [1.29, 1.82) is 0 Å². The van der Waals surface area contributed by atoms with Crippen molar-refractivity contribution in [1.82, 2.24) is 0 Å². The van der Waals surface area contributed by atoms with Crippen molar-refractivity contribution in [3.63, 3.8) is 0 Å². The lowest BCUT2D eigenvalue weighted by Crippen LogP contribution is -2.65. The summed E-state index contributed by atoms with van der Waals surface area (Å²) < 4.78 is 24.6. The minimum atomic E-state index is -2.60. The largest absolute Gasteiger partial charge is 0.491 e. The van der Waals surface area contributed by atoms with E-state index in [-0.39, 0.29) is 11.6 Å². The molecule has 1 aliphatic heterocycles. The molecule has 0 aliphatic carbocycles. The Balaban J connectivity index is 2.02. The smallest absolute Gasteiger partial charge is 0.303 e. The molecule has 0 amide bonds. The van der Waals surface area contributed by atoms with Gasteiger partial charge in [0, 0.05) is 13.8 Å². The monoisotopic (exact) mass is 524 g/mol. The number of carbonyl (C=O) groups excluding carboxylic acids is 2. The van der Waals surface area contributed by atoms with Crippen molar-refractivity contribution in [3.05, 3.63) is 84.1 Å². The minimum absolute atomic E-state index is 0.139. The zero-order chi connectivity index (χ0) is 27.3. The Kier molecular flexibility index (Phi) is 8.70. The highest BCUT2D eigenvalue weighted by molar-refractivity contribution is 6.75. The molecule has 7 heteroatoms. The Morgan fingerprint density at radius 2 is 1.35 bits per heavy atom. The van der Waals surface area contributed by atoms with Crippen LogP contribution in [0.15, 0.2) is 73.0 Å². The number of benzene rings is 2. The Morgan fingerprint density at radius 1 is 0.865 bits per heavy atom. The summed E-state index contributed by atoms with van der Waals surface area (Å²) >= 11 is 0. The molecule has 2 aromatic rings. The van der Waals surface area contributed by atoms with Crippen LogP contribution >= 0.6 is 0 Å². The number of hydrogen-bond donors (Lipinski definition) is 0. The Bertz CT molecular complexity index is 1050. The van der Waals surface area contributed by atoms with E-state index in [1.165, 1.54) is 31.2 Å². The first kappa shape index (κ1) is 28.7. The Morgan fingerprint density at radius 3 is 1.78 bits per heavy atom. The van der Waals surface area contributed by atoms with Crippen molar-refractivity contribution in [2.45, 2.75) is 82.9 Å². The van der Waals surface area contributed by atoms with Gasteiger partial charge in [-0.25, -0.2) is 0 Å². The molecule has 0 spiro atoms. The number of esters is 2. The van der Waals surface area contributed by atoms with Crippen LogP contribution in [0.5, 0.6) is 0 Å². The van der Waals surface area contributed by atoms with E-state index >= 15 is 0 Å². The number of hydrogen-bond acceptors (Lipinski definition) is 6. The van der Waals surface area contributed by atoms with Crippen molar-refractivity contribution < 1.29 is 28.2 Å². The first-order valence-electron chi connectivity index (χ1n) is 12.7. The molecule has 3 rings (SSSR count). The van der Waals surface area contributed by atoms with E-state index < -0.39 is 37.6 Å². The van der Waals surface area contributed by atoms with Crippen LogP contribution in [0.25, 0.3) is 0 Å². The molecule has 0 saturated carbocycles. The third-order valence-electron chi connectivity index (χ3n) is 7.48. The fourth-order valence-electron chi connectivity index (χ4n) is 4.97. The van der Waals surface area contributed by atoms with Crippen LogP contribution in [0.4, 0.5) is 0 Å². The van der Waals surface area contributed by atoms with Crippen molar-refractivity contribution >= 4 is 20.3 Å². The molecule has 0 bridgehead atoms. The average Bonchev–Trinajstić information content (AvgIpc) is 2.80. The van der Waals surface area contributed by atoms with Gasteiger partial charge < -0.3 is 18.6 Å². The van der Waals surface area contributed by atoms with Crippen molar-refractivity contribution in [2.24, 2.45) is 0 Å². The van der Waals surface area contributed by atoms with Gasteiger partial charge in [0.15, 0.2) is 17.3 Å². The van der Waals surface area contributed by atoms with E-state index in [0.717, 1.165) is 12.1 Å². The molecule has 0 fully saturated rings. The maximum atomic E-state index is 12.2. The second-order valence-corrected chi connectivity index (χ2v) is 15.7. The zero-order valence-electron chi connectivity index (χ0n) is 23.1. The zero-order valence-corrected chi connectivity index (χ0v) is 24.1. The van der Waals surface area contributed by atoms with Crippen LogP contribution < -0.4 is 0 Å². The third-order valence-corrected chi connectivity index (χ3v) is 12.9. The SMILES string of the molecule is CC(=O)O[C@]1(C)C=COC(CO[Si](Cc2ccccc2)(Cc2ccccc2)C(C)(C)C)[C@@]1(C)OC(C)=O. The predicted octanol–water partition coefficient (Wildman–Crippen LogP) is 5.87. The predicted molar refractivity (Wildman–Crippen MR) is 146 cm³/mol. The minimum Gasteiger partial charge on any atom is -0.491 e. The second-order valence-electron chi connectivity index (χ2n) is 11.2. The fourth-order valence-corrected chi connectivity index (χ4v) is 9.06. The summed E-state index contributed by atoms with van der Waals surface area (Å²) in [6.45, 7) is 13.0. The molecule has 37 heavy (non-hydrogen) atoms. The molecule has 1 aliphatic rings. The molecule has 3 atom stereocenters. The van der Waals surface area contributed by atoms with E-state index in [1.54, 1.807) is 19.9 Å². The molecule has 1 unspecified atom stereocenters. The normalized spacial score (nSPS) is 23.7. The molecule has 1 heterocycles. The van der Waals surface area contributed by atoms with Gasteiger partial charge in [-0.2, -0.15) is 0 Å². The highest BCUT2D eigenvalue weighted by Gasteiger charge is 2.58. The Labute approximate surface area is 222 Å². The average molecular weight is 525 g/mol. The summed E-state index contributed by atoms with van der Waals surface area (Å²) in [7, 11) is -2.60. The van der Waals surface area contributed by atoms with Crippen LogP contribution in [0.3, 0.4) is 0 Å². The van der Waals surface area contributed by atoms with Crippen LogP contribution in [0.1, 0.15) is 59.6 Å². The molecule has 2 aromatic carbocycles. The third kappa shape index (κ3) is 6.51. The van der Waals surface area contributed by atoms with Crippen LogP contribution in [0.2, 0.25) is 5.04 Å². The van der Waals surface area contributed by atoms with Gasteiger partial charge in [0.1, 0.15) is 0 Å². The molecule has 6 nitrogen and oxygen atoms in total. The van der Waals surface area contributed by atoms with Crippen LogP contribution in [0, 0.1) is 0 Å². The second kappa shape index (κ2) is 11.2. The van der Waals surface area contributed by atoms with Gasteiger partial charge in [0.2, 0.25) is 8.32 Å². The van der Waals surface area contributed by atoms with Crippen molar-refractivity contribution in [3.8, 4) is 0 Å². The lowest BCUT2D eigenvalue weighted by molar-refractivity contribution is -0.226. The fraction of sp³-hybridized carbons (Fsp3) is 0.467. The topological polar surface area (TPSA) is 71.1 Å². The highest BCUT2D eigenvalue weighted by Crippen LogP contribution is 2.44. The summed E-state index contributed by atoms with van der Waals surface area (Å²) in [6, 6.07) is 22.4. The number of rotatable bonds is 9. The molecule has 0 radical (unpaired) electrons. The van der Waals surface area contributed by atoms with Gasteiger partial charge in [-0.1, -0.05) is 81.4 Å². The molecule has 0 N–H and O–H groups in total. The van der Waals surface area contributed by atoms with Gasteiger partial charge in [-0.3, -0.25) is 9.59 Å². The summed E-state index contributed by atoms with van der Waals surface area (Å²) in [5.74, 6) is -0.962. The van der Waals surface area contributed by atoms with Gasteiger partial charge in [0.25, 0.3) is 0 Å². The number of carbonyl (C=O) groups is 2. The Hall–Kier alpha value is -2.90. The summed E-state index contributed by atoms with van der Waals surface area (Å²) in [6.07, 6.45) is 2.44. The van der Waals surface area contributed by atoms with Gasteiger partial charge in [-0.15, -0.1) is 0 Å². The van der Waals surface area contributed by atoms with E-state index in [2.05, 4.69) is 69.3 Å². The van der Waals surface area contributed by atoms with E-state index in [0.29, 0.717) is 0 Å². The molecule has 0 saturated heterocycles. The van der Waals surface area contributed by atoms with Crippen molar-refractivity contribution in [2.75, 3.05) is 6.61 Å². The quantitative estimate of drug-likeness (QED) is 0.302. The van der Waals surface area contributed by atoms with E-state index in [9.17, 15) is 9.59 Å².